The molecule has 2 saturated heterocycles. The maximum Gasteiger partial charge on any atom is 0.242 e. The zero-order valence-corrected chi connectivity index (χ0v) is 13.6. The molecule has 0 unspecified atom stereocenters. The van der Waals surface area contributed by atoms with E-state index in [9.17, 15) is 14.0 Å². The predicted octanol–water partition coefficient (Wildman–Crippen LogP) is 1.56. The normalized spacial score (nSPS) is 23.4. The summed E-state index contributed by atoms with van der Waals surface area (Å²) in [7, 11) is 0. The Morgan fingerprint density at radius 2 is 2.08 bits per heavy atom. The number of benzene rings is 1. The number of hydrogen-bond acceptors (Lipinski definition) is 3. The van der Waals surface area contributed by atoms with Gasteiger partial charge < -0.3 is 15.4 Å². The molecule has 0 spiro atoms. The van der Waals surface area contributed by atoms with E-state index in [0.29, 0.717) is 51.0 Å². The number of hydrogen-bond donors (Lipinski definition) is 2. The third kappa shape index (κ3) is 3.59. The second-order valence-electron chi connectivity index (χ2n) is 6.62. The molecule has 6 heteroatoms. The first-order valence-electron chi connectivity index (χ1n) is 8.51. The molecule has 5 nitrogen and oxygen atoms in total. The van der Waals surface area contributed by atoms with Crippen LogP contribution in [-0.2, 0) is 20.7 Å². The monoisotopic (exact) mass is 334 g/mol. The lowest BCUT2D eigenvalue weighted by molar-refractivity contribution is -0.140. The summed E-state index contributed by atoms with van der Waals surface area (Å²) in [4.78, 5) is 24.9. The topological polar surface area (TPSA) is 67.4 Å². The molecule has 130 valence electrons. The van der Waals surface area contributed by atoms with E-state index in [2.05, 4.69) is 10.6 Å². The van der Waals surface area contributed by atoms with Gasteiger partial charge in [-0.3, -0.25) is 9.59 Å². The van der Waals surface area contributed by atoms with Crippen LogP contribution >= 0.6 is 0 Å². The molecule has 1 aromatic carbocycles. The molecule has 2 amide bonds. The maximum absolute atomic E-state index is 14.1. The molecular weight excluding hydrogens is 311 g/mol. The Morgan fingerprint density at radius 1 is 1.33 bits per heavy atom. The van der Waals surface area contributed by atoms with Crippen molar-refractivity contribution in [1.29, 1.82) is 0 Å². The molecule has 2 fully saturated rings. The van der Waals surface area contributed by atoms with E-state index in [1.807, 2.05) is 0 Å². The summed E-state index contributed by atoms with van der Waals surface area (Å²) in [5, 5.41) is 5.66. The summed E-state index contributed by atoms with van der Waals surface area (Å²) in [5.41, 5.74) is -0.194. The van der Waals surface area contributed by atoms with Crippen molar-refractivity contribution in [3.63, 3.8) is 0 Å². The van der Waals surface area contributed by atoms with Gasteiger partial charge >= 0.3 is 0 Å². The molecule has 0 bridgehead atoms. The Labute approximate surface area is 141 Å². The molecule has 0 aromatic heterocycles. The number of carbonyl (C=O) groups is 2. The standard InChI is InChI=1S/C18H23FN2O3/c19-14-5-2-1-4-13(14)12-18(7-10-24-11-8-18)17(23)21-15-6-3-9-20-16(15)22/h1-2,4-5,15H,3,6-12H2,(H,20,22)(H,21,23)/t15-/m1/s1. The van der Waals surface area contributed by atoms with Crippen LogP contribution in [-0.4, -0.2) is 37.6 Å². The Balaban J connectivity index is 1.78. The van der Waals surface area contributed by atoms with Crippen LogP contribution in [0.5, 0.6) is 0 Å². The number of halogens is 1. The number of piperidine rings is 1. The van der Waals surface area contributed by atoms with Crippen LogP contribution < -0.4 is 10.6 Å². The minimum Gasteiger partial charge on any atom is -0.381 e. The minimum atomic E-state index is -0.724. The smallest absolute Gasteiger partial charge is 0.242 e. The van der Waals surface area contributed by atoms with Gasteiger partial charge in [0, 0.05) is 19.8 Å². The van der Waals surface area contributed by atoms with Gasteiger partial charge in [0.2, 0.25) is 11.8 Å². The van der Waals surface area contributed by atoms with E-state index >= 15 is 0 Å². The number of amides is 2. The molecule has 2 heterocycles. The van der Waals surface area contributed by atoms with E-state index in [0.717, 1.165) is 6.42 Å². The van der Waals surface area contributed by atoms with Crippen LogP contribution in [0, 0.1) is 11.2 Å². The average Bonchev–Trinajstić information content (AvgIpc) is 2.60. The molecule has 2 aliphatic heterocycles. The second-order valence-corrected chi connectivity index (χ2v) is 6.62. The highest BCUT2D eigenvalue weighted by Gasteiger charge is 2.42. The average molecular weight is 334 g/mol. The van der Waals surface area contributed by atoms with E-state index in [1.54, 1.807) is 18.2 Å². The van der Waals surface area contributed by atoms with E-state index in [4.69, 9.17) is 4.74 Å². The highest BCUT2D eigenvalue weighted by Crippen LogP contribution is 2.35. The summed E-state index contributed by atoms with van der Waals surface area (Å²) >= 11 is 0. The van der Waals surface area contributed by atoms with Gasteiger partial charge in [0.1, 0.15) is 11.9 Å². The first-order chi connectivity index (χ1) is 11.6. The number of ether oxygens (including phenoxy) is 1. The Hall–Kier alpha value is -1.95. The van der Waals surface area contributed by atoms with E-state index < -0.39 is 11.5 Å². The molecule has 0 aliphatic carbocycles. The summed E-state index contributed by atoms with van der Waals surface area (Å²) in [5.74, 6) is -0.606. The van der Waals surface area contributed by atoms with Crippen molar-refractivity contribution in [3.05, 3.63) is 35.6 Å². The van der Waals surface area contributed by atoms with Crippen molar-refractivity contribution >= 4 is 11.8 Å². The van der Waals surface area contributed by atoms with Crippen molar-refractivity contribution in [2.75, 3.05) is 19.8 Å². The van der Waals surface area contributed by atoms with E-state index in [1.165, 1.54) is 6.07 Å². The fourth-order valence-electron chi connectivity index (χ4n) is 3.47. The SMILES string of the molecule is O=C1NCCC[C@H]1NC(=O)C1(Cc2ccccc2F)CCOCC1. The van der Waals surface area contributed by atoms with Crippen LogP contribution in [0.15, 0.2) is 24.3 Å². The van der Waals surface area contributed by atoms with Gasteiger partial charge in [0.05, 0.1) is 5.41 Å². The molecular formula is C18H23FN2O3. The Kier molecular flexibility index (Phi) is 5.14. The first kappa shape index (κ1) is 16.9. The summed E-state index contributed by atoms with van der Waals surface area (Å²) in [6, 6.07) is 6.05. The third-order valence-electron chi connectivity index (χ3n) is 5.01. The molecule has 1 atom stereocenters. The van der Waals surface area contributed by atoms with Crippen molar-refractivity contribution in [2.24, 2.45) is 5.41 Å². The maximum atomic E-state index is 14.1. The lowest BCUT2D eigenvalue weighted by Crippen LogP contribution is -2.55. The number of nitrogens with one attached hydrogen (secondary N) is 2. The lowest BCUT2D eigenvalue weighted by Gasteiger charge is -2.37. The molecule has 0 saturated carbocycles. The fraction of sp³-hybridized carbons (Fsp3) is 0.556. The van der Waals surface area contributed by atoms with Gasteiger partial charge in [0.25, 0.3) is 0 Å². The van der Waals surface area contributed by atoms with Crippen LogP contribution in [0.25, 0.3) is 0 Å². The van der Waals surface area contributed by atoms with Crippen molar-refractivity contribution in [3.8, 4) is 0 Å². The second kappa shape index (κ2) is 7.30. The Morgan fingerprint density at radius 3 is 2.79 bits per heavy atom. The highest BCUT2D eigenvalue weighted by molar-refractivity contribution is 5.90. The quantitative estimate of drug-likeness (QED) is 0.878. The van der Waals surface area contributed by atoms with Gasteiger partial charge in [-0.15, -0.1) is 0 Å². The van der Waals surface area contributed by atoms with Gasteiger partial charge in [0.15, 0.2) is 0 Å². The largest absolute Gasteiger partial charge is 0.381 e. The van der Waals surface area contributed by atoms with Crippen molar-refractivity contribution < 1.29 is 18.7 Å². The number of rotatable bonds is 4. The third-order valence-corrected chi connectivity index (χ3v) is 5.01. The van der Waals surface area contributed by atoms with Gasteiger partial charge in [-0.1, -0.05) is 18.2 Å². The van der Waals surface area contributed by atoms with Crippen LogP contribution in [0.3, 0.4) is 0 Å². The molecule has 1 aromatic rings. The summed E-state index contributed by atoms with van der Waals surface area (Å²) in [6.45, 7) is 1.59. The van der Waals surface area contributed by atoms with Gasteiger partial charge in [-0.05, 0) is 43.7 Å². The van der Waals surface area contributed by atoms with Gasteiger partial charge in [-0.25, -0.2) is 4.39 Å². The lowest BCUT2D eigenvalue weighted by atomic mass is 9.74. The molecule has 3 rings (SSSR count). The summed E-state index contributed by atoms with van der Waals surface area (Å²) < 4.78 is 19.5. The molecule has 2 N–H and O–H groups in total. The van der Waals surface area contributed by atoms with Crippen LogP contribution in [0.4, 0.5) is 4.39 Å². The molecule has 24 heavy (non-hydrogen) atoms. The summed E-state index contributed by atoms with van der Waals surface area (Å²) in [6.07, 6.45) is 2.87. The minimum absolute atomic E-state index is 0.136. The van der Waals surface area contributed by atoms with Crippen LogP contribution in [0.1, 0.15) is 31.2 Å². The van der Waals surface area contributed by atoms with Gasteiger partial charge in [-0.2, -0.15) is 0 Å². The first-order valence-corrected chi connectivity index (χ1v) is 8.51. The fourth-order valence-corrected chi connectivity index (χ4v) is 3.47. The zero-order chi connectivity index (χ0) is 17.0. The predicted molar refractivity (Wildman–Crippen MR) is 86.8 cm³/mol. The van der Waals surface area contributed by atoms with Crippen LogP contribution in [0.2, 0.25) is 0 Å². The molecule has 2 aliphatic rings. The van der Waals surface area contributed by atoms with Crippen molar-refractivity contribution in [1.82, 2.24) is 10.6 Å². The zero-order valence-electron chi connectivity index (χ0n) is 13.6. The Bertz CT molecular complexity index is 614. The highest BCUT2D eigenvalue weighted by atomic mass is 19.1. The van der Waals surface area contributed by atoms with Crippen molar-refractivity contribution in [2.45, 2.75) is 38.1 Å². The number of carbonyl (C=O) groups excluding carboxylic acids is 2. The molecule has 0 radical (unpaired) electrons. The van der Waals surface area contributed by atoms with E-state index in [-0.39, 0.29) is 17.6 Å².